The number of rotatable bonds is 5. The van der Waals surface area contributed by atoms with Gasteiger partial charge in [-0.25, -0.2) is 0 Å². The van der Waals surface area contributed by atoms with Crippen LogP contribution >= 0.6 is 11.3 Å². The Morgan fingerprint density at radius 3 is 2.95 bits per heavy atom. The maximum absolute atomic E-state index is 4.34. The summed E-state index contributed by atoms with van der Waals surface area (Å²) in [6.07, 6.45) is 1.81. The molecule has 1 N–H and O–H groups in total. The van der Waals surface area contributed by atoms with Gasteiger partial charge in [0.2, 0.25) is 0 Å². The molecule has 0 radical (unpaired) electrons. The van der Waals surface area contributed by atoms with E-state index >= 15 is 0 Å². The molecule has 1 aromatic carbocycles. The van der Waals surface area contributed by atoms with E-state index in [1.807, 2.05) is 18.3 Å². The number of fused-ring (bicyclic) bond motifs is 1. The average Bonchev–Trinajstić information content (AvgIpc) is 2.95. The molecule has 0 atom stereocenters. The Balaban J connectivity index is 1.77. The van der Waals surface area contributed by atoms with Gasteiger partial charge in [-0.05, 0) is 36.7 Å². The van der Waals surface area contributed by atoms with Gasteiger partial charge in [0.25, 0.3) is 0 Å². The van der Waals surface area contributed by atoms with E-state index in [-0.39, 0.29) is 0 Å². The van der Waals surface area contributed by atoms with Crippen molar-refractivity contribution < 1.29 is 0 Å². The standard InChI is InChI=1S/C16H18N4S/c1-11(2)9-17-10-15-19-20-16(21-15)13-5-6-14-12(8-13)4-3-7-18-14/h3-8,11,17H,9-10H2,1-2H3. The van der Waals surface area contributed by atoms with E-state index in [0.29, 0.717) is 5.92 Å². The smallest absolute Gasteiger partial charge is 0.147 e. The molecule has 0 aliphatic rings. The van der Waals surface area contributed by atoms with Crippen LogP contribution in [0.1, 0.15) is 18.9 Å². The van der Waals surface area contributed by atoms with Crippen LogP contribution < -0.4 is 5.32 Å². The molecular weight excluding hydrogens is 280 g/mol. The molecule has 2 aromatic heterocycles. The van der Waals surface area contributed by atoms with E-state index in [4.69, 9.17) is 0 Å². The quantitative estimate of drug-likeness (QED) is 0.783. The Bertz CT molecular complexity index is 736. The molecule has 21 heavy (non-hydrogen) atoms. The summed E-state index contributed by atoms with van der Waals surface area (Å²) in [7, 11) is 0. The highest BCUT2D eigenvalue weighted by atomic mass is 32.1. The van der Waals surface area contributed by atoms with Crippen molar-refractivity contribution in [2.75, 3.05) is 6.54 Å². The van der Waals surface area contributed by atoms with Crippen LogP contribution in [0.4, 0.5) is 0 Å². The van der Waals surface area contributed by atoms with Gasteiger partial charge >= 0.3 is 0 Å². The molecule has 0 aliphatic heterocycles. The Hall–Kier alpha value is -1.85. The number of nitrogens with one attached hydrogen (secondary N) is 1. The summed E-state index contributed by atoms with van der Waals surface area (Å²) in [5.74, 6) is 0.644. The van der Waals surface area contributed by atoms with Gasteiger partial charge in [-0.1, -0.05) is 31.3 Å². The SMILES string of the molecule is CC(C)CNCc1nnc(-c2ccc3ncccc3c2)s1. The lowest BCUT2D eigenvalue weighted by Gasteiger charge is -2.04. The molecule has 2 heterocycles. The molecule has 108 valence electrons. The molecule has 4 nitrogen and oxygen atoms in total. The van der Waals surface area contributed by atoms with Crippen molar-refractivity contribution in [3.05, 3.63) is 41.5 Å². The van der Waals surface area contributed by atoms with E-state index in [1.54, 1.807) is 11.3 Å². The molecule has 0 fully saturated rings. The third kappa shape index (κ3) is 3.43. The predicted molar refractivity (Wildman–Crippen MR) is 87.2 cm³/mol. The van der Waals surface area contributed by atoms with Crippen LogP contribution in [-0.2, 0) is 6.54 Å². The van der Waals surface area contributed by atoms with Gasteiger partial charge in [0.1, 0.15) is 10.0 Å². The minimum atomic E-state index is 0.644. The summed E-state index contributed by atoms with van der Waals surface area (Å²) >= 11 is 1.64. The van der Waals surface area contributed by atoms with Gasteiger partial charge < -0.3 is 5.32 Å². The van der Waals surface area contributed by atoms with Crippen LogP contribution in [0.15, 0.2) is 36.5 Å². The zero-order chi connectivity index (χ0) is 14.7. The van der Waals surface area contributed by atoms with Crippen molar-refractivity contribution >= 4 is 22.2 Å². The highest BCUT2D eigenvalue weighted by Gasteiger charge is 2.07. The van der Waals surface area contributed by atoms with Crippen LogP contribution in [0.25, 0.3) is 21.5 Å². The monoisotopic (exact) mass is 298 g/mol. The Morgan fingerprint density at radius 2 is 2.10 bits per heavy atom. The molecular formula is C16H18N4S. The number of hydrogen-bond donors (Lipinski definition) is 1. The zero-order valence-electron chi connectivity index (χ0n) is 12.2. The fourth-order valence-corrected chi connectivity index (χ4v) is 2.92. The van der Waals surface area contributed by atoms with E-state index in [9.17, 15) is 0 Å². The normalized spacial score (nSPS) is 11.4. The molecule has 3 aromatic rings. The summed E-state index contributed by atoms with van der Waals surface area (Å²) < 4.78 is 0. The minimum absolute atomic E-state index is 0.644. The summed E-state index contributed by atoms with van der Waals surface area (Å²) in [6, 6.07) is 10.2. The van der Waals surface area contributed by atoms with Gasteiger partial charge in [0.15, 0.2) is 0 Å². The summed E-state index contributed by atoms with van der Waals surface area (Å²) in [5, 5.41) is 15.1. The lowest BCUT2D eigenvalue weighted by Crippen LogP contribution is -2.18. The van der Waals surface area contributed by atoms with Gasteiger partial charge in [0.05, 0.1) is 5.52 Å². The first-order valence-electron chi connectivity index (χ1n) is 7.10. The molecule has 0 saturated heterocycles. The summed E-state index contributed by atoms with van der Waals surface area (Å²) in [6.45, 7) is 6.17. The van der Waals surface area contributed by atoms with E-state index in [0.717, 1.165) is 39.6 Å². The molecule has 0 saturated carbocycles. The molecule has 0 amide bonds. The van der Waals surface area contributed by atoms with Crippen molar-refractivity contribution in [1.29, 1.82) is 0 Å². The van der Waals surface area contributed by atoms with E-state index in [1.165, 1.54) is 0 Å². The Morgan fingerprint density at radius 1 is 1.19 bits per heavy atom. The largest absolute Gasteiger partial charge is 0.310 e. The average molecular weight is 298 g/mol. The van der Waals surface area contributed by atoms with Crippen LogP contribution in [-0.4, -0.2) is 21.7 Å². The number of aromatic nitrogens is 3. The van der Waals surface area contributed by atoms with Crippen molar-refractivity contribution in [3.63, 3.8) is 0 Å². The Kier molecular flexibility index (Phi) is 4.22. The lowest BCUT2D eigenvalue weighted by atomic mass is 10.1. The van der Waals surface area contributed by atoms with Gasteiger partial charge in [-0.2, -0.15) is 0 Å². The number of nitrogens with zero attached hydrogens (tertiary/aromatic N) is 3. The highest BCUT2D eigenvalue weighted by Crippen LogP contribution is 2.26. The number of hydrogen-bond acceptors (Lipinski definition) is 5. The zero-order valence-corrected chi connectivity index (χ0v) is 13.0. The molecule has 0 unspecified atom stereocenters. The number of pyridine rings is 1. The van der Waals surface area contributed by atoms with Crippen LogP contribution in [0.3, 0.4) is 0 Å². The fraction of sp³-hybridized carbons (Fsp3) is 0.312. The summed E-state index contributed by atoms with van der Waals surface area (Å²) in [5.41, 5.74) is 2.10. The topological polar surface area (TPSA) is 50.7 Å². The molecule has 0 aliphatic carbocycles. The van der Waals surface area contributed by atoms with Crippen molar-refractivity contribution in [2.24, 2.45) is 5.92 Å². The predicted octanol–water partition coefficient (Wildman–Crippen LogP) is 3.50. The van der Waals surface area contributed by atoms with Crippen molar-refractivity contribution in [3.8, 4) is 10.6 Å². The van der Waals surface area contributed by atoms with Crippen molar-refractivity contribution in [2.45, 2.75) is 20.4 Å². The first-order chi connectivity index (χ1) is 10.2. The number of benzene rings is 1. The molecule has 5 heteroatoms. The molecule has 3 rings (SSSR count). The lowest BCUT2D eigenvalue weighted by molar-refractivity contribution is 0.550. The fourth-order valence-electron chi connectivity index (χ4n) is 2.12. The van der Waals surface area contributed by atoms with Gasteiger partial charge in [-0.15, -0.1) is 10.2 Å². The maximum Gasteiger partial charge on any atom is 0.147 e. The van der Waals surface area contributed by atoms with E-state index < -0.39 is 0 Å². The Labute approximate surface area is 128 Å². The van der Waals surface area contributed by atoms with Gasteiger partial charge in [-0.3, -0.25) is 4.98 Å². The van der Waals surface area contributed by atoms with Crippen LogP contribution in [0.2, 0.25) is 0 Å². The van der Waals surface area contributed by atoms with Crippen LogP contribution in [0, 0.1) is 5.92 Å². The van der Waals surface area contributed by atoms with E-state index in [2.05, 4.69) is 52.5 Å². The first-order valence-corrected chi connectivity index (χ1v) is 7.92. The second-order valence-electron chi connectivity index (χ2n) is 5.44. The van der Waals surface area contributed by atoms with Crippen LogP contribution in [0.5, 0.6) is 0 Å². The van der Waals surface area contributed by atoms with Crippen molar-refractivity contribution in [1.82, 2.24) is 20.5 Å². The third-order valence-corrected chi connectivity index (χ3v) is 4.12. The third-order valence-electron chi connectivity index (χ3n) is 3.15. The second-order valence-corrected chi connectivity index (χ2v) is 6.50. The molecule has 0 bridgehead atoms. The highest BCUT2D eigenvalue weighted by molar-refractivity contribution is 7.14. The summed E-state index contributed by atoms with van der Waals surface area (Å²) in [4.78, 5) is 4.34. The minimum Gasteiger partial charge on any atom is -0.310 e. The molecule has 0 spiro atoms. The second kappa shape index (κ2) is 6.28. The first kappa shape index (κ1) is 14.1. The van der Waals surface area contributed by atoms with Gasteiger partial charge in [0, 0.05) is 23.7 Å². The maximum atomic E-state index is 4.34.